The Labute approximate surface area is 127 Å². The number of carbonyl (C=O) groups is 2. The van der Waals surface area contributed by atoms with Gasteiger partial charge in [-0.2, -0.15) is 0 Å². The molecule has 2 N–H and O–H groups in total. The Morgan fingerprint density at radius 3 is 2.86 bits per heavy atom. The minimum Gasteiger partial charge on any atom is -0.482 e. The lowest BCUT2D eigenvalue weighted by Gasteiger charge is -2.19. The maximum Gasteiger partial charge on any atom is 0.262 e. The standard InChI is InChI=1S/C16H15N3O3/c1-10(11-4-6-17-7-5-11)18-16(21)12-2-3-13-14(8-12)22-9-15(20)19-13/h2-8,10H,9H2,1H3,(H,18,21)(H,19,20)/t10-/m1/s1. The molecule has 1 aromatic heterocycles. The summed E-state index contributed by atoms with van der Waals surface area (Å²) in [7, 11) is 0. The molecule has 0 spiro atoms. The molecule has 1 aromatic carbocycles. The van der Waals surface area contributed by atoms with Crippen molar-refractivity contribution in [2.24, 2.45) is 0 Å². The van der Waals surface area contributed by atoms with Crippen molar-refractivity contribution in [1.29, 1.82) is 0 Å². The Hall–Kier alpha value is -2.89. The third kappa shape index (κ3) is 2.90. The molecule has 112 valence electrons. The number of hydrogen-bond donors (Lipinski definition) is 2. The molecular formula is C16H15N3O3. The van der Waals surface area contributed by atoms with Crippen molar-refractivity contribution in [3.63, 3.8) is 0 Å². The fourth-order valence-corrected chi connectivity index (χ4v) is 2.23. The fraction of sp³-hybridized carbons (Fsp3) is 0.188. The van der Waals surface area contributed by atoms with Gasteiger partial charge in [-0.05, 0) is 42.8 Å². The monoisotopic (exact) mass is 297 g/mol. The van der Waals surface area contributed by atoms with Crippen molar-refractivity contribution in [3.05, 3.63) is 53.9 Å². The molecule has 0 aliphatic carbocycles. The second-order valence-corrected chi connectivity index (χ2v) is 5.02. The van der Waals surface area contributed by atoms with Crippen molar-refractivity contribution in [3.8, 4) is 5.75 Å². The Balaban J connectivity index is 1.74. The first kappa shape index (κ1) is 14.1. The van der Waals surface area contributed by atoms with Gasteiger partial charge in [0, 0.05) is 18.0 Å². The van der Waals surface area contributed by atoms with Gasteiger partial charge in [-0.1, -0.05) is 0 Å². The molecule has 6 nitrogen and oxygen atoms in total. The molecular weight excluding hydrogens is 282 g/mol. The highest BCUT2D eigenvalue weighted by Crippen LogP contribution is 2.28. The van der Waals surface area contributed by atoms with Gasteiger partial charge < -0.3 is 15.4 Å². The van der Waals surface area contributed by atoms with Crippen LogP contribution in [0.2, 0.25) is 0 Å². The quantitative estimate of drug-likeness (QED) is 0.906. The van der Waals surface area contributed by atoms with Gasteiger partial charge in [-0.15, -0.1) is 0 Å². The van der Waals surface area contributed by atoms with Gasteiger partial charge in [0.1, 0.15) is 5.75 Å². The summed E-state index contributed by atoms with van der Waals surface area (Å²) in [6.07, 6.45) is 3.38. The number of fused-ring (bicyclic) bond motifs is 1. The average molecular weight is 297 g/mol. The van der Waals surface area contributed by atoms with Crippen LogP contribution in [0.25, 0.3) is 0 Å². The van der Waals surface area contributed by atoms with Crippen LogP contribution in [0.15, 0.2) is 42.7 Å². The van der Waals surface area contributed by atoms with Gasteiger partial charge in [0.2, 0.25) is 0 Å². The lowest BCUT2D eigenvalue weighted by molar-refractivity contribution is -0.118. The molecule has 0 saturated heterocycles. The van der Waals surface area contributed by atoms with E-state index in [0.29, 0.717) is 17.0 Å². The molecule has 22 heavy (non-hydrogen) atoms. The molecule has 2 amide bonds. The van der Waals surface area contributed by atoms with Gasteiger partial charge in [-0.3, -0.25) is 14.6 Å². The number of amides is 2. The van der Waals surface area contributed by atoms with Crippen LogP contribution in [0.5, 0.6) is 5.75 Å². The molecule has 1 aliphatic heterocycles. The summed E-state index contributed by atoms with van der Waals surface area (Å²) in [6, 6.07) is 8.53. The highest BCUT2D eigenvalue weighted by molar-refractivity contribution is 5.99. The topological polar surface area (TPSA) is 80.3 Å². The van der Waals surface area contributed by atoms with E-state index >= 15 is 0 Å². The van der Waals surface area contributed by atoms with E-state index in [-0.39, 0.29) is 24.5 Å². The van der Waals surface area contributed by atoms with Crippen LogP contribution in [0.4, 0.5) is 5.69 Å². The average Bonchev–Trinajstić information content (AvgIpc) is 2.55. The number of carbonyl (C=O) groups excluding carboxylic acids is 2. The van der Waals surface area contributed by atoms with E-state index in [1.54, 1.807) is 30.6 Å². The van der Waals surface area contributed by atoms with Crippen LogP contribution in [0.1, 0.15) is 28.9 Å². The molecule has 1 aliphatic rings. The largest absolute Gasteiger partial charge is 0.482 e. The number of aromatic nitrogens is 1. The van der Waals surface area contributed by atoms with E-state index in [2.05, 4.69) is 15.6 Å². The lowest BCUT2D eigenvalue weighted by atomic mass is 10.1. The smallest absolute Gasteiger partial charge is 0.262 e. The van der Waals surface area contributed by atoms with Crippen molar-refractivity contribution < 1.29 is 14.3 Å². The van der Waals surface area contributed by atoms with E-state index in [9.17, 15) is 9.59 Å². The first-order valence-corrected chi connectivity index (χ1v) is 6.91. The summed E-state index contributed by atoms with van der Waals surface area (Å²) in [6.45, 7) is 1.87. The number of anilines is 1. The van der Waals surface area contributed by atoms with Gasteiger partial charge in [0.25, 0.3) is 11.8 Å². The van der Waals surface area contributed by atoms with E-state index in [1.165, 1.54) is 0 Å². The molecule has 2 aromatic rings. The predicted octanol–water partition coefficient (Wildman–Crippen LogP) is 1.90. The predicted molar refractivity (Wildman–Crippen MR) is 80.7 cm³/mol. The van der Waals surface area contributed by atoms with Crippen LogP contribution in [0, 0.1) is 0 Å². The summed E-state index contributed by atoms with van der Waals surface area (Å²) in [4.78, 5) is 27.5. The van der Waals surface area contributed by atoms with Crippen molar-refractivity contribution in [1.82, 2.24) is 10.3 Å². The number of benzene rings is 1. The van der Waals surface area contributed by atoms with Crippen LogP contribution in [0.3, 0.4) is 0 Å². The number of nitrogens with zero attached hydrogens (tertiary/aromatic N) is 1. The van der Waals surface area contributed by atoms with Gasteiger partial charge in [0.05, 0.1) is 11.7 Å². The summed E-state index contributed by atoms with van der Waals surface area (Å²) < 4.78 is 5.32. The maximum absolute atomic E-state index is 12.3. The fourth-order valence-electron chi connectivity index (χ4n) is 2.23. The first-order valence-electron chi connectivity index (χ1n) is 6.91. The van der Waals surface area contributed by atoms with Gasteiger partial charge in [-0.25, -0.2) is 0 Å². The summed E-state index contributed by atoms with van der Waals surface area (Å²) in [5.74, 6) is 0.104. The second kappa shape index (κ2) is 5.85. The zero-order valence-corrected chi connectivity index (χ0v) is 12.0. The number of pyridine rings is 1. The zero-order chi connectivity index (χ0) is 15.5. The van der Waals surface area contributed by atoms with Crippen LogP contribution in [-0.2, 0) is 4.79 Å². The minimum absolute atomic E-state index is 0.0362. The van der Waals surface area contributed by atoms with Crippen LogP contribution >= 0.6 is 0 Å². The molecule has 0 fully saturated rings. The van der Waals surface area contributed by atoms with Crippen molar-refractivity contribution in [2.45, 2.75) is 13.0 Å². The Morgan fingerprint density at radius 2 is 2.09 bits per heavy atom. The third-order valence-electron chi connectivity index (χ3n) is 3.43. The Bertz CT molecular complexity index is 716. The van der Waals surface area contributed by atoms with E-state index in [1.807, 2.05) is 19.1 Å². The maximum atomic E-state index is 12.3. The highest BCUT2D eigenvalue weighted by atomic mass is 16.5. The molecule has 0 saturated carbocycles. The van der Waals surface area contributed by atoms with Crippen molar-refractivity contribution in [2.75, 3.05) is 11.9 Å². The van der Waals surface area contributed by atoms with Crippen LogP contribution in [-0.4, -0.2) is 23.4 Å². The molecule has 3 rings (SSSR count). The number of nitrogens with one attached hydrogen (secondary N) is 2. The normalized spacial score (nSPS) is 14.3. The van der Waals surface area contributed by atoms with Crippen molar-refractivity contribution >= 4 is 17.5 Å². The first-order chi connectivity index (χ1) is 10.6. The summed E-state index contributed by atoms with van der Waals surface area (Å²) >= 11 is 0. The molecule has 6 heteroatoms. The van der Waals surface area contributed by atoms with E-state index in [0.717, 1.165) is 5.56 Å². The van der Waals surface area contributed by atoms with E-state index in [4.69, 9.17) is 4.74 Å². The third-order valence-corrected chi connectivity index (χ3v) is 3.43. The van der Waals surface area contributed by atoms with Gasteiger partial charge in [0.15, 0.2) is 6.61 Å². The molecule has 0 bridgehead atoms. The second-order valence-electron chi connectivity index (χ2n) is 5.02. The lowest BCUT2D eigenvalue weighted by Crippen LogP contribution is -2.28. The molecule has 0 radical (unpaired) electrons. The van der Waals surface area contributed by atoms with E-state index < -0.39 is 0 Å². The zero-order valence-electron chi connectivity index (χ0n) is 12.0. The highest BCUT2D eigenvalue weighted by Gasteiger charge is 2.18. The minimum atomic E-state index is -0.201. The molecule has 0 unspecified atom stereocenters. The number of rotatable bonds is 3. The SMILES string of the molecule is C[C@@H](NC(=O)c1ccc2c(c1)OCC(=O)N2)c1ccncc1. The molecule has 2 heterocycles. The number of hydrogen-bond acceptors (Lipinski definition) is 4. The Morgan fingerprint density at radius 1 is 1.32 bits per heavy atom. The molecule has 1 atom stereocenters. The number of ether oxygens (including phenoxy) is 1. The Kier molecular flexibility index (Phi) is 3.74. The summed E-state index contributed by atoms with van der Waals surface area (Å²) in [5, 5.41) is 5.61. The van der Waals surface area contributed by atoms with Crippen LogP contribution < -0.4 is 15.4 Å². The summed E-state index contributed by atoms with van der Waals surface area (Å²) in [5.41, 5.74) is 2.04. The van der Waals surface area contributed by atoms with Gasteiger partial charge >= 0.3 is 0 Å².